The van der Waals surface area contributed by atoms with Crippen LogP contribution in [0.15, 0.2) is 0 Å². The molecule has 7 heteroatoms. The highest BCUT2D eigenvalue weighted by atomic mass is 16.5. The van der Waals surface area contributed by atoms with E-state index in [1.54, 1.807) is 12.0 Å². The number of anilines is 1. The Kier molecular flexibility index (Phi) is 5.48. The van der Waals surface area contributed by atoms with Crippen LogP contribution < -0.4 is 4.90 Å². The van der Waals surface area contributed by atoms with Crippen LogP contribution in [0.2, 0.25) is 0 Å². The molecule has 1 saturated carbocycles. The molecule has 26 heavy (non-hydrogen) atoms. The number of ether oxygens (including phenoxy) is 1. The zero-order valence-electron chi connectivity index (χ0n) is 16.8. The zero-order chi connectivity index (χ0) is 19.0. The van der Waals surface area contributed by atoms with Gasteiger partial charge in [-0.05, 0) is 47.2 Å². The molecule has 1 atom stereocenters. The van der Waals surface area contributed by atoms with Gasteiger partial charge >= 0.3 is 0 Å². The molecule has 0 unspecified atom stereocenters. The smallest absolute Gasteiger partial charge is 0.291 e. The Bertz CT molecular complexity index is 672. The third kappa shape index (κ3) is 3.55. The Labute approximate surface area is 156 Å². The van der Waals surface area contributed by atoms with Gasteiger partial charge in [0.25, 0.3) is 5.91 Å². The second-order valence-electron chi connectivity index (χ2n) is 7.83. The molecule has 3 rings (SSSR count). The SMILES string of the molecule is COC1CC(N(C)C(=O)c2nc(C)c(C)c(N3CC[C@@H](N(C)C)C3)n2)C1. The van der Waals surface area contributed by atoms with Gasteiger partial charge in [-0.25, -0.2) is 9.97 Å². The van der Waals surface area contributed by atoms with E-state index in [4.69, 9.17) is 4.74 Å². The lowest BCUT2D eigenvalue weighted by Gasteiger charge is -2.40. The molecule has 1 aromatic rings. The number of hydrogen-bond acceptors (Lipinski definition) is 6. The van der Waals surface area contributed by atoms with Crippen LogP contribution in [-0.2, 0) is 4.74 Å². The van der Waals surface area contributed by atoms with Gasteiger partial charge in [0, 0.05) is 50.6 Å². The number of carbonyl (C=O) groups excluding carboxylic acids is 1. The van der Waals surface area contributed by atoms with Gasteiger partial charge in [0.2, 0.25) is 5.82 Å². The van der Waals surface area contributed by atoms with Crippen molar-refractivity contribution >= 4 is 11.7 Å². The summed E-state index contributed by atoms with van der Waals surface area (Å²) in [6, 6.07) is 0.735. The minimum atomic E-state index is -0.0998. The first-order valence-electron chi connectivity index (χ1n) is 9.38. The number of nitrogens with zero attached hydrogens (tertiary/aromatic N) is 5. The van der Waals surface area contributed by atoms with Gasteiger partial charge in [-0.2, -0.15) is 0 Å². The predicted octanol–water partition coefficient (Wildman–Crippen LogP) is 1.48. The van der Waals surface area contributed by atoms with Crippen molar-refractivity contribution in [2.24, 2.45) is 0 Å². The number of rotatable bonds is 5. The summed E-state index contributed by atoms with van der Waals surface area (Å²) < 4.78 is 5.32. The van der Waals surface area contributed by atoms with Crippen molar-refractivity contribution < 1.29 is 9.53 Å². The lowest BCUT2D eigenvalue weighted by Crippen LogP contribution is -2.48. The molecule has 1 aliphatic carbocycles. The third-order valence-corrected chi connectivity index (χ3v) is 6.02. The fourth-order valence-corrected chi connectivity index (χ4v) is 3.74. The normalized spacial score (nSPS) is 25.5. The van der Waals surface area contributed by atoms with Crippen LogP contribution in [0.5, 0.6) is 0 Å². The van der Waals surface area contributed by atoms with Crippen LogP contribution in [0, 0.1) is 13.8 Å². The van der Waals surface area contributed by atoms with Crippen LogP contribution in [-0.4, -0.2) is 85.2 Å². The van der Waals surface area contributed by atoms with Crippen molar-refractivity contribution in [3.05, 3.63) is 17.1 Å². The first-order chi connectivity index (χ1) is 12.3. The molecule has 0 N–H and O–H groups in total. The third-order valence-electron chi connectivity index (χ3n) is 6.02. The Morgan fingerprint density at radius 2 is 1.85 bits per heavy atom. The number of aryl methyl sites for hydroxylation is 1. The molecular weight excluding hydrogens is 330 g/mol. The summed E-state index contributed by atoms with van der Waals surface area (Å²) in [5, 5.41) is 0. The van der Waals surface area contributed by atoms with E-state index in [2.05, 4.69) is 33.9 Å². The summed E-state index contributed by atoms with van der Waals surface area (Å²) in [4.78, 5) is 28.4. The van der Waals surface area contributed by atoms with E-state index in [9.17, 15) is 4.79 Å². The molecule has 2 fully saturated rings. The Morgan fingerprint density at radius 3 is 2.42 bits per heavy atom. The number of amides is 1. The number of aromatic nitrogens is 2. The topological polar surface area (TPSA) is 61.8 Å². The van der Waals surface area contributed by atoms with E-state index in [0.717, 1.165) is 49.4 Å². The minimum Gasteiger partial charge on any atom is -0.381 e. The summed E-state index contributed by atoms with van der Waals surface area (Å²) >= 11 is 0. The van der Waals surface area contributed by atoms with E-state index in [1.165, 1.54) is 0 Å². The van der Waals surface area contributed by atoms with E-state index >= 15 is 0 Å². The van der Waals surface area contributed by atoms with Crippen molar-refractivity contribution in [2.75, 3.05) is 46.2 Å². The number of carbonyl (C=O) groups is 1. The Balaban J connectivity index is 1.79. The maximum Gasteiger partial charge on any atom is 0.291 e. The monoisotopic (exact) mass is 361 g/mol. The highest BCUT2D eigenvalue weighted by Gasteiger charge is 2.36. The van der Waals surface area contributed by atoms with E-state index < -0.39 is 0 Å². The van der Waals surface area contributed by atoms with Gasteiger partial charge < -0.3 is 19.4 Å². The molecule has 1 aliphatic heterocycles. The summed E-state index contributed by atoms with van der Waals surface area (Å²) in [7, 11) is 7.79. The molecular formula is C19H31N5O2. The predicted molar refractivity (Wildman–Crippen MR) is 102 cm³/mol. The van der Waals surface area contributed by atoms with Crippen LogP contribution in [0.25, 0.3) is 0 Å². The molecule has 144 valence electrons. The number of likely N-dealkylation sites (N-methyl/N-ethyl adjacent to an activating group) is 1. The molecule has 0 spiro atoms. The van der Waals surface area contributed by atoms with Crippen LogP contribution in [0.4, 0.5) is 5.82 Å². The van der Waals surface area contributed by atoms with Crippen molar-refractivity contribution in [1.82, 2.24) is 19.8 Å². The van der Waals surface area contributed by atoms with Gasteiger partial charge in [0.05, 0.1) is 6.10 Å². The van der Waals surface area contributed by atoms with Crippen molar-refractivity contribution in [2.45, 2.75) is 51.3 Å². The molecule has 1 aromatic heterocycles. The van der Waals surface area contributed by atoms with E-state index in [1.807, 2.05) is 20.9 Å². The minimum absolute atomic E-state index is 0.0998. The molecule has 1 amide bonds. The van der Waals surface area contributed by atoms with Crippen LogP contribution in [0.1, 0.15) is 41.1 Å². The Morgan fingerprint density at radius 1 is 1.15 bits per heavy atom. The average molecular weight is 361 g/mol. The second-order valence-corrected chi connectivity index (χ2v) is 7.83. The Hall–Kier alpha value is -1.73. The maximum absolute atomic E-state index is 12.9. The second kappa shape index (κ2) is 7.48. The van der Waals surface area contributed by atoms with Gasteiger partial charge in [0.1, 0.15) is 5.82 Å². The lowest BCUT2D eigenvalue weighted by molar-refractivity contribution is -0.0148. The van der Waals surface area contributed by atoms with Crippen LogP contribution >= 0.6 is 0 Å². The van der Waals surface area contributed by atoms with Gasteiger partial charge in [-0.3, -0.25) is 4.79 Å². The van der Waals surface area contributed by atoms with Crippen molar-refractivity contribution in [3.63, 3.8) is 0 Å². The highest BCUT2D eigenvalue weighted by molar-refractivity contribution is 5.91. The lowest BCUT2D eigenvalue weighted by atomic mass is 9.88. The summed E-state index contributed by atoms with van der Waals surface area (Å²) in [5.41, 5.74) is 1.94. The summed E-state index contributed by atoms with van der Waals surface area (Å²) in [6.45, 7) is 5.90. The summed E-state index contributed by atoms with van der Waals surface area (Å²) in [6.07, 6.45) is 3.14. The molecule has 1 saturated heterocycles. The molecule has 7 nitrogen and oxygen atoms in total. The average Bonchev–Trinajstić information content (AvgIpc) is 3.05. The summed E-state index contributed by atoms with van der Waals surface area (Å²) in [5.74, 6) is 1.11. The largest absolute Gasteiger partial charge is 0.381 e. The fraction of sp³-hybridized carbons (Fsp3) is 0.737. The first-order valence-corrected chi connectivity index (χ1v) is 9.38. The zero-order valence-corrected chi connectivity index (χ0v) is 16.8. The van der Waals surface area contributed by atoms with Crippen molar-refractivity contribution in [3.8, 4) is 0 Å². The highest BCUT2D eigenvalue weighted by Crippen LogP contribution is 2.29. The fourth-order valence-electron chi connectivity index (χ4n) is 3.74. The van der Waals surface area contributed by atoms with E-state index in [0.29, 0.717) is 11.9 Å². The van der Waals surface area contributed by atoms with Crippen molar-refractivity contribution in [1.29, 1.82) is 0 Å². The molecule has 2 aliphatic rings. The molecule has 0 aromatic carbocycles. The van der Waals surface area contributed by atoms with Gasteiger partial charge in [-0.15, -0.1) is 0 Å². The van der Waals surface area contributed by atoms with Gasteiger partial charge in [0.15, 0.2) is 0 Å². The maximum atomic E-state index is 12.9. The number of hydrogen-bond donors (Lipinski definition) is 0. The molecule has 2 heterocycles. The van der Waals surface area contributed by atoms with Crippen LogP contribution in [0.3, 0.4) is 0 Å². The molecule has 0 radical (unpaired) electrons. The quantitative estimate of drug-likeness (QED) is 0.792. The molecule has 0 bridgehead atoms. The van der Waals surface area contributed by atoms with E-state index in [-0.39, 0.29) is 18.1 Å². The van der Waals surface area contributed by atoms with Gasteiger partial charge in [-0.1, -0.05) is 0 Å². The first kappa shape index (κ1) is 19.0. The standard InChI is InChI=1S/C19H31N5O2/c1-12-13(2)20-17(19(25)23(5)15-9-16(10-15)26-6)21-18(12)24-8-7-14(11-24)22(3)4/h14-16H,7-11H2,1-6H3/t14-,15?,16?/m1/s1. The number of methoxy groups -OCH3 is 1.